The highest BCUT2D eigenvalue weighted by atomic mass is 16.4. The summed E-state index contributed by atoms with van der Waals surface area (Å²) in [5, 5.41) is 19.5. The molecule has 0 radical (unpaired) electrons. The van der Waals surface area contributed by atoms with Crippen LogP contribution in [-0.4, -0.2) is 68.5 Å². The summed E-state index contributed by atoms with van der Waals surface area (Å²) in [6, 6.07) is 5.31. The highest BCUT2D eigenvalue weighted by Gasteiger charge is 2.47. The SMILES string of the molecule is O=C(O)N1CC2(CCN(C(=O)c3ccc4n[nH]nc4c3)CC2)C1. The summed E-state index contributed by atoms with van der Waals surface area (Å²) in [5.74, 6) is -0.000774. The molecule has 2 N–H and O–H groups in total. The lowest BCUT2D eigenvalue weighted by molar-refractivity contribution is -0.0299. The fourth-order valence-corrected chi connectivity index (χ4v) is 3.55. The molecule has 0 aliphatic carbocycles. The summed E-state index contributed by atoms with van der Waals surface area (Å²) >= 11 is 0. The largest absolute Gasteiger partial charge is 0.465 e. The van der Waals surface area contributed by atoms with Crippen LogP contribution in [0.3, 0.4) is 0 Å². The molecular weight excluding hydrogens is 298 g/mol. The van der Waals surface area contributed by atoms with E-state index in [-0.39, 0.29) is 11.3 Å². The van der Waals surface area contributed by atoms with Crippen LogP contribution in [0.2, 0.25) is 0 Å². The number of aromatic amines is 1. The van der Waals surface area contributed by atoms with Crippen molar-refractivity contribution in [3.63, 3.8) is 0 Å². The van der Waals surface area contributed by atoms with Crippen molar-refractivity contribution in [1.82, 2.24) is 25.2 Å². The van der Waals surface area contributed by atoms with Gasteiger partial charge in [-0.05, 0) is 31.0 Å². The first kappa shape index (κ1) is 14.0. The zero-order chi connectivity index (χ0) is 16.0. The second-order valence-corrected chi connectivity index (χ2v) is 6.46. The smallest absolute Gasteiger partial charge is 0.407 e. The van der Waals surface area contributed by atoms with Crippen LogP contribution in [0, 0.1) is 5.41 Å². The van der Waals surface area contributed by atoms with E-state index in [1.165, 1.54) is 4.90 Å². The normalized spacial score (nSPS) is 19.8. The predicted molar refractivity (Wildman–Crippen MR) is 81.1 cm³/mol. The lowest BCUT2D eigenvalue weighted by Crippen LogP contribution is -2.62. The summed E-state index contributed by atoms with van der Waals surface area (Å²) in [4.78, 5) is 26.8. The highest BCUT2D eigenvalue weighted by molar-refractivity contribution is 5.97. The van der Waals surface area contributed by atoms with E-state index in [0.717, 1.165) is 18.4 Å². The van der Waals surface area contributed by atoms with Crippen LogP contribution in [0.15, 0.2) is 18.2 Å². The molecule has 0 unspecified atom stereocenters. The number of carboxylic acid groups (broad SMARTS) is 1. The third-order valence-corrected chi connectivity index (χ3v) is 5.00. The number of fused-ring (bicyclic) bond motifs is 1. The molecule has 2 aromatic rings. The number of aromatic nitrogens is 3. The number of likely N-dealkylation sites (tertiary alicyclic amines) is 2. The third kappa shape index (κ3) is 2.30. The van der Waals surface area contributed by atoms with Gasteiger partial charge in [0.05, 0.1) is 0 Å². The van der Waals surface area contributed by atoms with E-state index in [9.17, 15) is 9.59 Å². The molecule has 3 heterocycles. The summed E-state index contributed by atoms with van der Waals surface area (Å²) in [5.41, 5.74) is 2.11. The Labute approximate surface area is 132 Å². The molecule has 2 aliphatic heterocycles. The summed E-state index contributed by atoms with van der Waals surface area (Å²) < 4.78 is 0. The number of carbonyl (C=O) groups excluding carboxylic acids is 1. The van der Waals surface area contributed by atoms with Crippen molar-refractivity contribution >= 4 is 23.0 Å². The number of carbonyl (C=O) groups is 2. The minimum absolute atomic E-state index is 0.000774. The van der Waals surface area contributed by atoms with Crippen molar-refractivity contribution in [3.05, 3.63) is 23.8 Å². The Morgan fingerprint density at radius 1 is 1.09 bits per heavy atom. The summed E-state index contributed by atoms with van der Waals surface area (Å²) in [6.45, 7) is 2.52. The Balaban J connectivity index is 1.42. The van der Waals surface area contributed by atoms with E-state index in [1.807, 2.05) is 4.90 Å². The molecule has 0 saturated carbocycles. The molecule has 23 heavy (non-hydrogen) atoms. The molecule has 2 fully saturated rings. The van der Waals surface area contributed by atoms with Crippen molar-refractivity contribution in [2.75, 3.05) is 26.2 Å². The Morgan fingerprint density at radius 2 is 1.78 bits per heavy atom. The van der Waals surface area contributed by atoms with Gasteiger partial charge in [-0.25, -0.2) is 4.79 Å². The maximum atomic E-state index is 12.6. The molecule has 120 valence electrons. The first-order chi connectivity index (χ1) is 11.1. The minimum atomic E-state index is -0.852. The van der Waals surface area contributed by atoms with Crippen LogP contribution in [0.5, 0.6) is 0 Å². The van der Waals surface area contributed by atoms with Gasteiger partial charge >= 0.3 is 6.09 Å². The van der Waals surface area contributed by atoms with Crippen LogP contribution in [0.4, 0.5) is 4.79 Å². The van der Waals surface area contributed by atoms with E-state index >= 15 is 0 Å². The summed E-state index contributed by atoms with van der Waals surface area (Å²) in [6.07, 6.45) is 0.860. The van der Waals surface area contributed by atoms with Crippen molar-refractivity contribution in [2.45, 2.75) is 12.8 Å². The molecular formula is C15H17N5O3. The number of H-pyrrole nitrogens is 1. The number of benzene rings is 1. The molecule has 0 atom stereocenters. The van der Waals surface area contributed by atoms with Gasteiger partial charge in [0.1, 0.15) is 11.0 Å². The maximum Gasteiger partial charge on any atom is 0.407 e. The number of hydrogen-bond acceptors (Lipinski definition) is 4. The quantitative estimate of drug-likeness (QED) is 0.822. The van der Waals surface area contributed by atoms with E-state index in [0.29, 0.717) is 37.3 Å². The highest BCUT2D eigenvalue weighted by Crippen LogP contribution is 2.40. The number of rotatable bonds is 1. The van der Waals surface area contributed by atoms with Crippen molar-refractivity contribution in [2.24, 2.45) is 5.41 Å². The Hall–Kier alpha value is -2.64. The Kier molecular flexibility index (Phi) is 3.00. The van der Waals surface area contributed by atoms with Gasteiger partial charge in [-0.2, -0.15) is 15.4 Å². The van der Waals surface area contributed by atoms with Gasteiger partial charge in [-0.15, -0.1) is 0 Å². The van der Waals surface area contributed by atoms with Crippen molar-refractivity contribution < 1.29 is 14.7 Å². The summed E-state index contributed by atoms with van der Waals surface area (Å²) in [7, 11) is 0. The molecule has 0 bridgehead atoms. The van der Waals surface area contributed by atoms with Crippen LogP contribution < -0.4 is 0 Å². The lowest BCUT2D eigenvalue weighted by Gasteiger charge is -2.52. The average Bonchev–Trinajstić information content (AvgIpc) is 2.99. The monoisotopic (exact) mass is 315 g/mol. The molecule has 4 rings (SSSR count). The number of nitrogens with one attached hydrogen (secondary N) is 1. The number of nitrogens with zero attached hydrogens (tertiary/aromatic N) is 4. The molecule has 2 aliphatic rings. The van der Waals surface area contributed by atoms with E-state index in [4.69, 9.17) is 5.11 Å². The molecule has 8 heteroatoms. The maximum absolute atomic E-state index is 12.6. The third-order valence-electron chi connectivity index (χ3n) is 5.00. The fourth-order valence-electron chi connectivity index (χ4n) is 3.55. The Bertz CT molecular complexity index is 770. The first-order valence-corrected chi connectivity index (χ1v) is 7.64. The van der Waals surface area contributed by atoms with Crippen LogP contribution in [-0.2, 0) is 0 Å². The average molecular weight is 315 g/mol. The zero-order valence-electron chi connectivity index (χ0n) is 12.5. The van der Waals surface area contributed by atoms with Crippen LogP contribution >= 0.6 is 0 Å². The fraction of sp³-hybridized carbons (Fsp3) is 0.467. The van der Waals surface area contributed by atoms with E-state index in [2.05, 4.69) is 15.4 Å². The van der Waals surface area contributed by atoms with Crippen LogP contribution in [0.1, 0.15) is 23.2 Å². The van der Waals surface area contributed by atoms with Gasteiger partial charge in [-0.1, -0.05) is 0 Å². The van der Waals surface area contributed by atoms with Gasteiger partial charge in [0.25, 0.3) is 5.91 Å². The zero-order valence-corrected chi connectivity index (χ0v) is 12.5. The van der Waals surface area contributed by atoms with Gasteiger partial charge in [0.15, 0.2) is 0 Å². The molecule has 2 amide bonds. The van der Waals surface area contributed by atoms with Gasteiger partial charge < -0.3 is 14.9 Å². The number of piperidine rings is 1. The second-order valence-electron chi connectivity index (χ2n) is 6.46. The predicted octanol–water partition coefficient (Wildman–Crippen LogP) is 1.17. The van der Waals surface area contributed by atoms with Gasteiger partial charge in [-0.3, -0.25) is 4.79 Å². The molecule has 1 spiro atoms. The molecule has 8 nitrogen and oxygen atoms in total. The van der Waals surface area contributed by atoms with Gasteiger partial charge in [0, 0.05) is 37.2 Å². The lowest BCUT2D eigenvalue weighted by atomic mass is 9.72. The van der Waals surface area contributed by atoms with Crippen molar-refractivity contribution in [1.29, 1.82) is 0 Å². The minimum Gasteiger partial charge on any atom is -0.465 e. The number of hydrogen-bond donors (Lipinski definition) is 2. The van der Waals surface area contributed by atoms with E-state index < -0.39 is 6.09 Å². The molecule has 1 aromatic carbocycles. The van der Waals surface area contributed by atoms with Crippen molar-refractivity contribution in [3.8, 4) is 0 Å². The Morgan fingerprint density at radius 3 is 2.48 bits per heavy atom. The molecule has 1 aromatic heterocycles. The second kappa shape index (κ2) is 4.94. The van der Waals surface area contributed by atoms with Crippen LogP contribution in [0.25, 0.3) is 11.0 Å². The molecule has 2 saturated heterocycles. The van der Waals surface area contributed by atoms with Gasteiger partial charge in [0.2, 0.25) is 0 Å². The number of amides is 2. The first-order valence-electron chi connectivity index (χ1n) is 7.64. The standard InChI is InChI=1S/C15H17N5O3/c21-13(10-1-2-11-12(7-10)17-18-16-11)19-5-3-15(4-6-19)8-20(9-15)14(22)23/h1-2,7H,3-6,8-9H2,(H,22,23)(H,16,17,18). The topological polar surface area (TPSA) is 102 Å². The van der Waals surface area contributed by atoms with E-state index in [1.54, 1.807) is 18.2 Å².